The molecule has 128 valence electrons. The zero-order valence-corrected chi connectivity index (χ0v) is 14.0. The van der Waals surface area contributed by atoms with Crippen LogP contribution in [0.4, 0.5) is 5.82 Å². The fourth-order valence-electron chi connectivity index (χ4n) is 3.09. The van der Waals surface area contributed by atoms with Gasteiger partial charge in [0.15, 0.2) is 5.75 Å². The first-order chi connectivity index (χ1) is 12.3. The van der Waals surface area contributed by atoms with E-state index in [4.69, 9.17) is 9.47 Å². The number of methoxy groups -OCH3 is 1. The van der Waals surface area contributed by atoms with Crippen LogP contribution in [-0.2, 0) is 0 Å². The number of benzene rings is 1. The molecule has 0 bridgehead atoms. The molecule has 3 aromatic rings. The third-order valence-electron chi connectivity index (χ3n) is 4.31. The molecule has 0 radical (unpaired) electrons. The summed E-state index contributed by atoms with van der Waals surface area (Å²) in [6, 6.07) is 8.44. The predicted octanol–water partition coefficient (Wildman–Crippen LogP) is 2.48. The third-order valence-corrected chi connectivity index (χ3v) is 4.31. The third kappa shape index (κ3) is 3.31. The molecular weight excluding hydrogens is 318 g/mol. The number of nitrogens with zero attached hydrogens (tertiary/aromatic N) is 5. The first-order valence-corrected chi connectivity index (χ1v) is 8.31. The van der Waals surface area contributed by atoms with E-state index in [0.29, 0.717) is 11.8 Å². The average molecular weight is 337 g/mol. The molecule has 0 spiro atoms. The lowest BCUT2D eigenvalue weighted by molar-refractivity contribution is 0.164. The molecule has 1 saturated heterocycles. The van der Waals surface area contributed by atoms with Gasteiger partial charge in [-0.15, -0.1) is 0 Å². The molecular formula is C18H19N5O2. The van der Waals surface area contributed by atoms with Crippen molar-refractivity contribution in [2.45, 2.75) is 18.9 Å². The summed E-state index contributed by atoms with van der Waals surface area (Å²) < 4.78 is 11.0. The Morgan fingerprint density at radius 3 is 2.76 bits per heavy atom. The van der Waals surface area contributed by atoms with Gasteiger partial charge in [-0.05, 0) is 25.0 Å². The minimum Gasteiger partial charge on any atom is -0.494 e. The summed E-state index contributed by atoms with van der Waals surface area (Å²) in [7, 11) is 1.59. The standard InChI is InChI=1S/C18H19N5O2/c1-24-14-9-19-18(20-10-14)25-13-5-4-8-23(11-13)17-15-6-2-3-7-16(15)21-12-22-17/h2-3,6-7,9-10,12-13H,4-5,8,11H2,1H3. The number of ether oxygens (including phenoxy) is 2. The van der Waals surface area contributed by atoms with Crippen molar-refractivity contribution in [2.75, 3.05) is 25.1 Å². The Morgan fingerprint density at radius 2 is 1.92 bits per heavy atom. The maximum atomic E-state index is 5.96. The minimum atomic E-state index is 0.0240. The number of hydrogen-bond acceptors (Lipinski definition) is 7. The molecule has 7 nitrogen and oxygen atoms in total. The van der Waals surface area contributed by atoms with Gasteiger partial charge in [0.2, 0.25) is 0 Å². The van der Waals surface area contributed by atoms with E-state index >= 15 is 0 Å². The number of fused-ring (bicyclic) bond motifs is 1. The lowest BCUT2D eigenvalue weighted by atomic mass is 10.1. The molecule has 7 heteroatoms. The summed E-state index contributed by atoms with van der Waals surface area (Å²) in [6.07, 6.45) is 6.86. The normalized spacial score (nSPS) is 17.5. The van der Waals surface area contributed by atoms with E-state index in [0.717, 1.165) is 42.7 Å². The van der Waals surface area contributed by atoms with E-state index in [-0.39, 0.29) is 6.10 Å². The van der Waals surface area contributed by atoms with Crippen LogP contribution in [0.5, 0.6) is 11.8 Å². The minimum absolute atomic E-state index is 0.0240. The van der Waals surface area contributed by atoms with Crippen LogP contribution in [0.2, 0.25) is 0 Å². The fraction of sp³-hybridized carbons (Fsp3) is 0.333. The lowest BCUT2D eigenvalue weighted by Gasteiger charge is -2.33. The molecule has 3 heterocycles. The quantitative estimate of drug-likeness (QED) is 0.724. The van der Waals surface area contributed by atoms with E-state index in [1.807, 2.05) is 18.2 Å². The summed E-state index contributed by atoms with van der Waals surface area (Å²) in [4.78, 5) is 19.5. The highest BCUT2D eigenvalue weighted by molar-refractivity contribution is 5.89. The highest BCUT2D eigenvalue weighted by atomic mass is 16.5. The van der Waals surface area contributed by atoms with Gasteiger partial charge in [-0.2, -0.15) is 9.97 Å². The highest BCUT2D eigenvalue weighted by Gasteiger charge is 2.24. The number of rotatable bonds is 4. The zero-order chi connectivity index (χ0) is 17.1. The van der Waals surface area contributed by atoms with Crippen molar-refractivity contribution >= 4 is 16.7 Å². The molecule has 0 amide bonds. The smallest absolute Gasteiger partial charge is 0.316 e. The Balaban J connectivity index is 1.52. The van der Waals surface area contributed by atoms with Crippen molar-refractivity contribution in [3.63, 3.8) is 0 Å². The van der Waals surface area contributed by atoms with Crippen LogP contribution in [-0.4, -0.2) is 46.2 Å². The predicted molar refractivity (Wildman–Crippen MR) is 94.0 cm³/mol. The molecule has 1 atom stereocenters. The van der Waals surface area contributed by atoms with Gasteiger partial charge < -0.3 is 14.4 Å². The molecule has 4 rings (SSSR count). The average Bonchev–Trinajstić information content (AvgIpc) is 2.68. The maximum absolute atomic E-state index is 5.96. The molecule has 1 aliphatic rings. The topological polar surface area (TPSA) is 73.3 Å². The summed E-state index contributed by atoms with van der Waals surface area (Å²) in [5.74, 6) is 1.57. The van der Waals surface area contributed by atoms with Crippen LogP contribution in [0.15, 0.2) is 43.0 Å². The SMILES string of the molecule is COc1cnc(OC2CCCN(c3ncnc4ccccc34)C2)nc1. The van der Waals surface area contributed by atoms with E-state index < -0.39 is 0 Å². The van der Waals surface area contributed by atoms with E-state index in [9.17, 15) is 0 Å². The van der Waals surface area contributed by atoms with Crippen molar-refractivity contribution in [1.29, 1.82) is 0 Å². The molecule has 1 aliphatic heterocycles. The van der Waals surface area contributed by atoms with Crippen LogP contribution in [0.1, 0.15) is 12.8 Å². The zero-order valence-electron chi connectivity index (χ0n) is 14.0. The van der Waals surface area contributed by atoms with Crippen LogP contribution in [0.25, 0.3) is 10.9 Å². The van der Waals surface area contributed by atoms with Gasteiger partial charge >= 0.3 is 6.01 Å². The Hall–Kier alpha value is -2.96. The van der Waals surface area contributed by atoms with Crippen molar-refractivity contribution < 1.29 is 9.47 Å². The molecule has 1 unspecified atom stereocenters. The van der Waals surface area contributed by atoms with Crippen molar-refractivity contribution in [1.82, 2.24) is 19.9 Å². The highest BCUT2D eigenvalue weighted by Crippen LogP contribution is 2.26. The van der Waals surface area contributed by atoms with E-state index in [1.54, 1.807) is 25.8 Å². The van der Waals surface area contributed by atoms with Crippen molar-refractivity contribution in [3.05, 3.63) is 43.0 Å². The van der Waals surface area contributed by atoms with Gasteiger partial charge in [-0.3, -0.25) is 0 Å². The Kier molecular flexibility index (Phi) is 4.28. The number of aromatic nitrogens is 4. The molecule has 1 fully saturated rings. The van der Waals surface area contributed by atoms with Crippen LogP contribution < -0.4 is 14.4 Å². The van der Waals surface area contributed by atoms with Crippen LogP contribution in [0, 0.1) is 0 Å². The van der Waals surface area contributed by atoms with Crippen molar-refractivity contribution in [3.8, 4) is 11.8 Å². The lowest BCUT2D eigenvalue weighted by Crippen LogP contribution is -2.42. The summed E-state index contributed by atoms with van der Waals surface area (Å²) in [5.41, 5.74) is 0.953. The number of piperidine rings is 1. The van der Waals surface area contributed by atoms with Gasteiger partial charge in [0.05, 0.1) is 31.6 Å². The van der Waals surface area contributed by atoms with Gasteiger partial charge in [-0.1, -0.05) is 12.1 Å². The van der Waals surface area contributed by atoms with Crippen molar-refractivity contribution in [2.24, 2.45) is 0 Å². The van der Waals surface area contributed by atoms with Gasteiger partial charge in [0.1, 0.15) is 18.2 Å². The molecule has 2 aromatic heterocycles. The van der Waals surface area contributed by atoms with Crippen LogP contribution in [0.3, 0.4) is 0 Å². The van der Waals surface area contributed by atoms with E-state index in [1.165, 1.54) is 0 Å². The molecule has 0 saturated carbocycles. The number of hydrogen-bond donors (Lipinski definition) is 0. The summed E-state index contributed by atoms with van der Waals surface area (Å²) >= 11 is 0. The molecule has 0 aliphatic carbocycles. The summed E-state index contributed by atoms with van der Waals surface area (Å²) in [6.45, 7) is 1.70. The first kappa shape index (κ1) is 15.6. The van der Waals surface area contributed by atoms with Crippen LogP contribution >= 0.6 is 0 Å². The second-order valence-corrected chi connectivity index (χ2v) is 5.95. The van der Waals surface area contributed by atoms with E-state index in [2.05, 4.69) is 30.9 Å². The second kappa shape index (κ2) is 6.88. The molecule has 0 N–H and O–H groups in total. The fourth-order valence-corrected chi connectivity index (χ4v) is 3.09. The first-order valence-electron chi connectivity index (χ1n) is 8.31. The Morgan fingerprint density at radius 1 is 1.08 bits per heavy atom. The van der Waals surface area contributed by atoms with Gasteiger partial charge in [0, 0.05) is 11.9 Å². The monoisotopic (exact) mass is 337 g/mol. The Labute approximate surface area is 145 Å². The maximum Gasteiger partial charge on any atom is 0.316 e. The number of anilines is 1. The molecule has 1 aromatic carbocycles. The summed E-state index contributed by atoms with van der Waals surface area (Å²) in [5, 5.41) is 1.06. The Bertz CT molecular complexity index is 850. The van der Waals surface area contributed by atoms with Gasteiger partial charge in [0.25, 0.3) is 0 Å². The second-order valence-electron chi connectivity index (χ2n) is 5.95. The molecule has 25 heavy (non-hydrogen) atoms. The number of para-hydroxylation sites is 1. The largest absolute Gasteiger partial charge is 0.494 e. The van der Waals surface area contributed by atoms with Gasteiger partial charge in [-0.25, -0.2) is 9.97 Å².